The number of likely N-dealkylation sites (tertiary alicyclic amines) is 1. The molecule has 0 aromatic heterocycles. The van der Waals surface area contributed by atoms with Gasteiger partial charge in [0.25, 0.3) is 17.5 Å². The molecule has 9 nitrogen and oxygen atoms in total. The number of rotatable bonds is 8. The van der Waals surface area contributed by atoms with E-state index in [-0.39, 0.29) is 36.7 Å². The summed E-state index contributed by atoms with van der Waals surface area (Å²) >= 11 is 0. The molecule has 2 aliphatic rings. The van der Waals surface area contributed by atoms with Gasteiger partial charge in [-0.2, -0.15) is 13.2 Å². The van der Waals surface area contributed by atoms with E-state index in [1.807, 2.05) is 4.90 Å². The Bertz CT molecular complexity index is 1430. The van der Waals surface area contributed by atoms with Gasteiger partial charge in [-0.25, -0.2) is 0 Å². The van der Waals surface area contributed by atoms with Crippen molar-refractivity contribution in [2.24, 2.45) is 0 Å². The molecule has 2 aliphatic heterocycles. The molecule has 12 heteroatoms. The number of halogens is 3. The van der Waals surface area contributed by atoms with Crippen molar-refractivity contribution < 1.29 is 32.4 Å². The smallest absolute Gasteiger partial charge is 0.422 e. The third-order valence-corrected chi connectivity index (χ3v) is 7.14. The second-order valence-electron chi connectivity index (χ2n) is 9.67. The maximum absolute atomic E-state index is 14.4. The number of benzene rings is 3. The normalized spacial score (nSPS) is 17.3. The van der Waals surface area contributed by atoms with E-state index in [1.165, 1.54) is 29.0 Å². The molecule has 0 unspecified atom stereocenters. The van der Waals surface area contributed by atoms with Crippen molar-refractivity contribution in [2.45, 2.75) is 18.6 Å². The molecule has 3 aromatic carbocycles. The van der Waals surface area contributed by atoms with Crippen LogP contribution in [0.5, 0.6) is 11.5 Å². The molecule has 0 aliphatic carbocycles. The maximum Gasteiger partial charge on any atom is 0.422 e. The number of imide groups is 1. The Kier molecular flexibility index (Phi) is 7.19. The van der Waals surface area contributed by atoms with Crippen LogP contribution in [0.15, 0.2) is 66.7 Å². The largest absolute Gasteiger partial charge is 0.457 e. The van der Waals surface area contributed by atoms with E-state index >= 15 is 0 Å². The number of ether oxygens (including phenoxy) is 1. The number of hydrogen-bond acceptors (Lipinski definition) is 7. The Morgan fingerprint density at radius 1 is 1.00 bits per heavy atom. The molecule has 0 saturated carbocycles. The lowest BCUT2D eigenvalue weighted by Crippen LogP contribution is -2.42. The Balaban J connectivity index is 1.34. The minimum atomic E-state index is -4.94. The van der Waals surface area contributed by atoms with Crippen LogP contribution in [0.1, 0.15) is 32.7 Å². The zero-order valence-corrected chi connectivity index (χ0v) is 21.4. The lowest BCUT2D eigenvalue weighted by molar-refractivity contribution is -0.384. The SMILES string of the molecule is CN(CCN1CC[C@@H](N2C(=O)c3ccccc3C2=O)C1)c1c([N+](=O)[O-])ccc(Oc2ccccc2)c1C(F)(F)F. The van der Waals surface area contributed by atoms with Gasteiger partial charge in [-0.15, -0.1) is 0 Å². The average Bonchev–Trinajstić information content (AvgIpc) is 3.48. The summed E-state index contributed by atoms with van der Waals surface area (Å²) in [6.45, 7) is 1.14. The maximum atomic E-state index is 14.4. The quantitative estimate of drug-likeness (QED) is 0.214. The van der Waals surface area contributed by atoms with Gasteiger partial charge in [-0.05, 0) is 36.8 Å². The first-order chi connectivity index (χ1) is 19.1. The molecule has 0 bridgehead atoms. The van der Waals surface area contributed by atoms with Crippen molar-refractivity contribution in [1.82, 2.24) is 9.80 Å². The number of nitro benzene ring substituents is 1. The molecule has 1 saturated heterocycles. The Labute approximate surface area is 227 Å². The first-order valence-corrected chi connectivity index (χ1v) is 12.6. The Morgan fingerprint density at radius 3 is 2.23 bits per heavy atom. The van der Waals surface area contributed by atoms with E-state index in [4.69, 9.17) is 4.74 Å². The molecule has 0 radical (unpaired) electrons. The first kappa shape index (κ1) is 27.1. The fourth-order valence-corrected chi connectivity index (χ4v) is 5.24. The molecule has 1 atom stereocenters. The molecule has 0 N–H and O–H groups in total. The highest BCUT2D eigenvalue weighted by molar-refractivity contribution is 6.21. The van der Waals surface area contributed by atoms with Crippen molar-refractivity contribution in [3.05, 3.63) is 93.5 Å². The molecule has 2 amide bonds. The highest BCUT2D eigenvalue weighted by Gasteiger charge is 2.44. The summed E-state index contributed by atoms with van der Waals surface area (Å²) in [4.78, 5) is 41.0. The molecule has 3 aromatic rings. The van der Waals surface area contributed by atoms with Crippen LogP contribution in [-0.2, 0) is 6.18 Å². The van der Waals surface area contributed by atoms with Crippen LogP contribution in [-0.4, -0.2) is 65.8 Å². The Hall–Kier alpha value is -4.45. The molecule has 208 valence electrons. The number of nitro groups is 1. The third kappa shape index (κ3) is 5.09. The predicted molar refractivity (Wildman–Crippen MR) is 140 cm³/mol. The number of carbonyl (C=O) groups excluding carboxylic acids is 2. The number of fused-ring (bicyclic) bond motifs is 1. The van der Waals surface area contributed by atoms with E-state index in [0.29, 0.717) is 30.6 Å². The van der Waals surface area contributed by atoms with Crippen molar-refractivity contribution in [3.8, 4) is 11.5 Å². The van der Waals surface area contributed by atoms with Crippen molar-refractivity contribution in [2.75, 3.05) is 38.1 Å². The number of hydrogen-bond donors (Lipinski definition) is 0. The number of amides is 2. The van der Waals surface area contributed by atoms with Gasteiger partial charge in [0.05, 0.1) is 22.1 Å². The van der Waals surface area contributed by atoms with Crippen molar-refractivity contribution in [1.29, 1.82) is 0 Å². The highest BCUT2D eigenvalue weighted by Crippen LogP contribution is 2.48. The summed E-state index contributed by atoms with van der Waals surface area (Å²) in [5, 5.41) is 11.8. The van der Waals surface area contributed by atoms with E-state index in [9.17, 15) is 32.9 Å². The van der Waals surface area contributed by atoms with E-state index in [2.05, 4.69) is 0 Å². The molecule has 0 spiro atoms. The van der Waals surface area contributed by atoms with E-state index in [0.717, 1.165) is 12.1 Å². The summed E-state index contributed by atoms with van der Waals surface area (Å²) in [5.41, 5.74) is -1.81. The molecule has 5 rings (SSSR count). The molecular formula is C28H25F3N4O5. The van der Waals surface area contributed by atoms with Gasteiger partial charge in [-0.3, -0.25) is 29.5 Å². The van der Waals surface area contributed by atoms with Gasteiger partial charge in [-0.1, -0.05) is 30.3 Å². The summed E-state index contributed by atoms with van der Waals surface area (Å²) in [6.07, 6.45) is -4.42. The molecule has 2 heterocycles. The van der Waals surface area contributed by atoms with E-state index in [1.54, 1.807) is 42.5 Å². The topological polar surface area (TPSA) is 96.2 Å². The molecular weight excluding hydrogens is 529 g/mol. The zero-order valence-electron chi connectivity index (χ0n) is 21.4. The van der Waals surface area contributed by atoms with Crippen LogP contribution in [0.4, 0.5) is 24.5 Å². The van der Waals surface area contributed by atoms with Gasteiger partial charge in [0.15, 0.2) is 0 Å². The van der Waals surface area contributed by atoms with Crippen LogP contribution in [0, 0.1) is 10.1 Å². The van der Waals surface area contributed by atoms with Crippen LogP contribution in [0.2, 0.25) is 0 Å². The van der Waals surface area contributed by atoms with Crippen LogP contribution < -0.4 is 9.64 Å². The van der Waals surface area contributed by atoms with Gasteiger partial charge in [0.2, 0.25) is 0 Å². The highest BCUT2D eigenvalue weighted by atomic mass is 19.4. The number of anilines is 1. The second-order valence-corrected chi connectivity index (χ2v) is 9.67. The second kappa shape index (κ2) is 10.6. The summed E-state index contributed by atoms with van der Waals surface area (Å²) < 4.78 is 48.6. The van der Waals surface area contributed by atoms with Crippen molar-refractivity contribution in [3.63, 3.8) is 0 Å². The zero-order chi connectivity index (χ0) is 28.6. The number of alkyl halides is 3. The predicted octanol–water partition coefficient (Wildman–Crippen LogP) is 5.21. The minimum absolute atomic E-state index is 0.0214. The fraction of sp³-hybridized carbons (Fsp3) is 0.286. The van der Waals surface area contributed by atoms with Gasteiger partial charge >= 0.3 is 6.18 Å². The molecule has 1 fully saturated rings. The number of nitrogens with zero attached hydrogens (tertiary/aromatic N) is 4. The van der Waals surface area contributed by atoms with Crippen LogP contribution in [0.25, 0.3) is 0 Å². The van der Waals surface area contributed by atoms with E-state index < -0.39 is 33.8 Å². The molecule has 40 heavy (non-hydrogen) atoms. The third-order valence-electron chi connectivity index (χ3n) is 7.14. The summed E-state index contributed by atoms with van der Waals surface area (Å²) in [5.74, 6) is -1.10. The van der Waals surface area contributed by atoms with Crippen LogP contribution in [0.3, 0.4) is 0 Å². The fourth-order valence-electron chi connectivity index (χ4n) is 5.24. The Morgan fingerprint density at radius 2 is 1.62 bits per heavy atom. The number of para-hydroxylation sites is 1. The first-order valence-electron chi connectivity index (χ1n) is 12.6. The average molecular weight is 555 g/mol. The summed E-state index contributed by atoms with van der Waals surface area (Å²) in [6, 6.07) is 16.1. The number of carbonyl (C=O) groups is 2. The lowest BCUT2D eigenvalue weighted by atomic mass is 10.1. The van der Waals surface area contributed by atoms with Gasteiger partial charge in [0.1, 0.15) is 22.7 Å². The number of likely N-dealkylation sites (N-methyl/N-ethyl adjacent to an activating group) is 1. The lowest BCUT2D eigenvalue weighted by Gasteiger charge is -2.27. The van der Waals surface area contributed by atoms with Gasteiger partial charge in [0, 0.05) is 39.3 Å². The van der Waals surface area contributed by atoms with Crippen molar-refractivity contribution >= 4 is 23.2 Å². The van der Waals surface area contributed by atoms with Gasteiger partial charge < -0.3 is 9.64 Å². The standard InChI is InChI=1S/C28H25F3N4O5/c1-32(15-16-33-14-13-18(17-33)34-26(36)20-9-5-6-10-21(20)27(34)37)25-22(35(38)39)11-12-23(24(25)28(29,30)31)40-19-7-3-2-4-8-19/h2-12,18H,13-17H2,1H3/t18-/m1/s1. The van der Waals surface area contributed by atoms with Crippen LogP contribution >= 0.6 is 0 Å². The summed E-state index contributed by atoms with van der Waals surface area (Å²) in [7, 11) is 1.36. The monoisotopic (exact) mass is 554 g/mol. The minimum Gasteiger partial charge on any atom is -0.457 e.